The van der Waals surface area contributed by atoms with Crippen LogP contribution in [0.3, 0.4) is 0 Å². The molecule has 1 aliphatic heterocycles. The van der Waals surface area contributed by atoms with Crippen molar-refractivity contribution < 1.29 is 36.6 Å². The first-order chi connectivity index (χ1) is 14.4. The van der Waals surface area contributed by atoms with Crippen LogP contribution in [0, 0.1) is 5.82 Å². The van der Waals surface area contributed by atoms with Gasteiger partial charge in [-0.1, -0.05) is 25.1 Å². The maximum Gasteiger partial charge on any atom is 0.425 e. The van der Waals surface area contributed by atoms with E-state index in [0.717, 1.165) is 24.4 Å². The van der Waals surface area contributed by atoms with Crippen LogP contribution in [0.2, 0.25) is 5.02 Å². The minimum Gasteiger partial charge on any atom is -0.506 e. The Morgan fingerprint density at radius 2 is 2.03 bits per heavy atom. The Bertz CT molecular complexity index is 1050. The van der Waals surface area contributed by atoms with Crippen molar-refractivity contribution in [3.05, 3.63) is 58.1 Å². The predicted molar refractivity (Wildman–Crippen MR) is 107 cm³/mol. The van der Waals surface area contributed by atoms with Crippen molar-refractivity contribution in [1.29, 1.82) is 0 Å². The monoisotopic (exact) mass is 479 g/mol. The van der Waals surface area contributed by atoms with Gasteiger partial charge < -0.3 is 15.6 Å². The fraction of sp³-hybridized carbons (Fsp3) is 0.350. The largest absolute Gasteiger partial charge is 0.506 e. The number of Topliss-reactive ketones (excluding diaryl/α,β-unsaturated/α-hetero) is 1. The molecule has 0 amide bonds. The molecule has 2 heterocycles. The molecule has 3 N–H and O–H groups in total. The van der Waals surface area contributed by atoms with Crippen molar-refractivity contribution in [2.24, 2.45) is 10.7 Å². The molecule has 2 atom stereocenters. The molecule has 6 nitrogen and oxygen atoms in total. The van der Waals surface area contributed by atoms with E-state index in [1.54, 1.807) is 0 Å². The van der Waals surface area contributed by atoms with Crippen molar-refractivity contribution >= 4 is 23.4 Å². The normalized spacial score (nSPS) is 20.7. The fourth-order valence-electron chi connectivity index (χ4n) is 3.23. The lowest BCUT2D eigenvalue weighted by molar-refractivity contribution is -0.209. The quantitative estimate of drug-likeness (QED) is 0.487. The molecule has 174 valence electrons. The van der Waals surface area contributed by atoms with Crippen LogP contribution in [-0.2, 0) is 16.7 Å². The summed E-state index contributed by atoms with van der Waals surface area (Å²) in [5.41, 5.74) is 2.54. The minimum absolute atomic E-state index is 0. The Kier molecular flexibility index (Phi) is 7.33. The summed E-state index contributed by atoms with van der Waals surface area (Å²) >= 11 is 5.88. The highest BCUT2D eigenvalue weighted by Crippen LogP contribution is 2.41. The molecule has 0 saturated carbocycles. The number of pyridine rings is 1. The zero-order valence-corrected chi connectivity index (χ0v) is 16.3. The van der Waals surface area contributed by atoms with Gasteiger partial charge in [0.25, 0.3) is 6.02 Å². The molecule has 0 aliphatic carbocycles. The Hall–Kier alpha value is -2.95. The number of ketones is 1. The first-order valence-electron chi connectivity index (χ1n) is 8.76. The van der Waals surface area contributed by atoms with E-state index in [1.807, 2.05) is 0 Å². The average Bonchev–Trinajstić information content (AvgIpc) is 2.68. The molecule has 3 rings (SSSR count). The molecule has 0 unspecified atom stereocenters. The summed E-state index contributed by atoms with van der Waals surface area (Å²) < 4.78 is 72.6. The van der Waals surface area contributed by atoms with E-state index in [0.29, 0.717) is 0 Å². The smallest absolute Gasteiger partial charge is 0.425 e. The van der Waals surface area contributed by atoms with Crippen LogP contribution < -0.4 is 5.73 Å². The zero-order valence-electron chi connectivity index (χ0n) is 15.6. The van der Waals surface area contributed by atoms with Gasteiger partial charge in [-0.15, -0.1) is 0 Å². The van der Waals surface area contributed by atoms with Gasteiger partial charge in [-0.2, -0.15) is 13.2 Å². The maximum absolute atomic E-state index is 14.6. The zero-order chi connectivity index (χ0) is 23.0. The van der Waals surface area contributed by atoms with Gasteiger partial charge in [0.05, 0.1) is 11.2 Å². The van der Waals surface area contributed by atoms with Gasteiger partial charge in [-0.25, -0.2) is 18.8 Å². The van der Waals surface area contributed by atoms with E-state index in [1.165, 1.54) is 6.07 Å². The third-order valence-electron chi connectivity index (χ3n) is 4.68. The lowest BCUT2D eigenvalue weighted by Crippen LogP contribution is -2.48. The Morgan fingerprint density at radius 1 is 1.34 bits per heavy atom. The Labute approximate surface area is 184 Å². The highest BCUT2D eigenvalue weighted by Gasteiger charge is 2.52. The first kappa shape index (κ1) is 25.3. The number of hydrogen-bond donors (Lipinski definition) is 2. The predicted octanol–water partition coefficient (Wildman–Crippen LogP) is 4.47. The molecule has 2 aromatic rings. The lowest BCUT2D eigenvalue weighted by atomic mass is 9.83. The van der Waals surface area contributed by atoms with Crippen molar-refractivity contribution in [2.75, 3.05) is 6.67 Å². The van der Waals surface area contributed by atoms with Gasteiger partial charge in [0.15, 0.2) is 11.9 Å². The van der Waals surface area contributed by atoms with Crippen molar-refractivity contribution in [1.82, 2.24) is 4.98 Å². The van der Waals surface area contributed by atoms with Gasteiger partial charge in [0.1, 0.15) is 29.5 Å². The number of amidine groups is 1. The number of aliphatic imine (C=N–C) groups is 1. The van der Waals surface area contributed by atoms with Crippen LogP contribution >= 0.6 is 11.6 Å². The topological polar surface area (TPSA) is 97.8 Å². The molecule has 0 spiro atoms. The third kappa shape index (κ3) is 5.09. The van der Waals surface area contributed by atoms with E-state index < -0.39 is 54.1 Å². The van der Waals surface area contributed by atoms with Gasteiger partial charge in [-0.3, -0.25) is 4.79 Å². The van der Waals surface area contributed by atoms with Crippen molar-refractivity contribution in [2.45, 2.75) is 38.1 Å². The SMILES string of the molecule is C.NC1=N[C@](CF)(c2cc(CC(=O)c3ncc(O)cc3Cl)ccc2F)C[C@@H](C(F)(F)F)O1. The van der Waals surface area contributed by atoms with Crippen LogP contribution in [0.15, 0.2) is 35.5 Å². The van der Waals surface area contributed by atoms with Gasteiger partial charge in [-0.05, 0) is 17.7 Å². The minimum atomic E-state index is -4.88. The van der Waals surface area contributed by atoms with Gasteiger partial charge in [0, 0.05) is 24.5 Å². The summed E-state index contributed by atoms with van der Waals surface area (Å²) in [6, 6.07) is 3.34. The number of benzene rings is 1. The number of nitrogens with zero attached hydrogens (tertiary/aromatic N) is 2. The molecular formula is C20H19ClF5N3O3. The Balaban J connectivity index is 0.00000363. The number of ether oxygens (including phenoxy) is 1. The maximum atomic E-state index is 14.6. The summed E-state index contributed by atoms with van der Waals surface area (Å²) in [6.45, 7) is -1.48. The van der Waals surface area contributed by atoms with E-state index in [2.05, 4.69) is 14.7 Å². The summed E-state index contributed by atoms with van der Waals surface area (Å²) in [5.74, 6) is -1.89. The first-order valence-corrected chi connectivity index (χ1v) is 9.14. The molecule has 0 fully saturated rings. The fourth-order valence-corrected chi connectivity index (χ4v) is 3.49. The van der Waals surface area contributed by atoms with E-state index in [-0.39, 0.29) is 35.9 Å². The molecule has 1 aromatic heterocycles. The number of carbonyl (C=O) groups is 1. The summed E-state index contributed by atoms with van der Waals surface area (Å²) in [5, 5.41) is 9.20. The van der Waals surface area contributed by atoms with E-state index >= 15 is 0 Å². The van der Waals surface area contributed by atoms with E-state index in [9.17, 15) is 31.9 Å². The molecule has 12 heteroatoms. The number of nitrogens with two attached hydrogens (primary N) is 1. The standard InChI is InChI=1S/C19H15ClF5N3O3.CH4/c20-12-5-10(29)7-27-16(12)14(30)4-9-1-2-13(22)11(3-9)18(8-21)6-15(19(23,24)25)31-17(26)28-18;/h1-3,5,7,15,29H,4,6,8H2,(H2,26,28);1H4/t15-,18+;/m0./s1. The second-order valence-electron chi connectivity index (χ2n) is 6.91. The van der Waals surface area contributed by atoms with Gasteiger partial charge >= 0.3 is 6.18 Å². The van der Waals surface area contributed by atoms with E-state index in [4.69, 9.17) is 17.3 Å². The molecule has 1 aliphatic rings. The van der Waals surface area contributed by atoms with Crippen LogP contribution in [0.1, 0.15) is 35.5 Å². The molecule has 0 radical (unpaired) electrons. The molecule has 0 bridgehead atoms. The molecule has 0 saturated heterocycles. The molecule has 32 heavy (non-hydrogen) atoms. The number of alkyl halides is 4. The summed E-state index contributed by atoms with van der Waals surface area (Å²) in [6.07, 6.45) is -7.76. The second-order valence-corrected chi connectivity index (χ2v) is 7.31. The highest BCUT2D eigenvalue weighted by atomic mass is 35.5. The number of aromatic hydroxyl groups is 1. The average molecular weight is 480 g/mol. The number of aromatic nitrogens is 1. The summed E-state index contributed by atoms with van der Waals surface area (Å²) in [7, 11) is 0. The second kappa shape index (κ2) is 9.27. The van der Waals surface area contributed by atoms with Crippen LogP contribution in [-0.4, -0.2) is 40.9 Å². The number of halogens is 6. The lowest BCUT2D eigenvalue weighted by Gasteiger charge is -2.36. The van der Waals surface area contributed by atoms with Crippen LogP contribution in [0.4, 0.5) is 22.0 Å². The van der Waals surface area contributed by atoms with Crippen molar-refractivity contribution in [3.8, 4) is 5.75 Å². The Morgan fingerprint density at radius 3 is 2.62 bits per heavy atom. The molecular weight excluding hydrogens is 461 g/mol. The van der Waals surface area contributed by atoms with Crippen LogP contribution in [0.25, 0.3) is 0 Å². The van der Waals surface area contributed by atoms with Crippen molar-refractivity contribution in [3.63, 3.8) is 0 Å². The third-order valence-corrected chi connectivity index (χ3v) is 4.97. The summed E-state index contributed by atoms with van der Waals surface area (Å²) in [4.78, 5) is 19.9. The number of hydrogen-bond acceptors (Lipinski definition) is 6. The van der Waals surface area contributed by atoms with Crippen LogP contribution in [0.5, 0.6) is 5.75 Å². The van der Waals surface area contributed by atoms with Gasteiger partial charge in [0.2, 0.25) is 0 Å². The molecule has 1 aromatic carbocycles. The highest BCUT2D eigenvalue weighted by molar-refractivity contribution is 6.33. The number of rotatable bonds is 5. The number of carbonyl (C=O) groups excluding carboxylic acids is 1.